The van der Waals surface area contributed by atoms with Gasteiger partial charge in [-0.25, -0.2) is 5.84 Å². The Kier molecular flexibility index (Phi) is 3.31. The van der Waals surface area contributed by atoms with Crippen molar-refractivity contribution in [3.63, 3.8) is 0 Å². The maximum absolute atomic E-state index is 11.6. The van der Waals surface area contributed by atoms with Crippen LogP contribution in [0.15, 0.2) is 34.9 Å². The van der Waals surface area contributed by atoms with Crippen LogP contribution in [0.2, 0.25) is 0 Å². The fourth-order valence-electron chi connectivity index (χ4n) is 1.20. The van der Waals surface area contributed by atoms with E-state index in [1.807, 2.05) is 0 Å². The summed E-state index contributed by atoms with van der Waals surface area (Å²) in [5, 5.41) is 10.1. The molecule has 2 aromatic heterocycles. The number of rotatable bonds is 4. The van der Waals surface area contributed by atoms with Crippen LogP contribution in [0.25, 0.3) is 0 Å². The third-order valence-electron chi connectivity index (χ3n) is 2.05. The highest BCUT2D eigenvalue weighted by Crippen LogP contribution is 2.02. The Hall–Kier alpha value is -2.41. The topological polar surface area (TPSA) is 106 Å². The third kappa shape index (κ3) is 2.79. The maximum Gasteiger partial charge on any atom is 0.272 e. The fourth-order valence-corrected chi connectivity index (χ4v) is 1.20. The molecule has 0 radical (unpaired) electrons. The second kappa shape index (κ2) is 5.08. The number of carbonyl (C=O) groups is 1. The Morgan fingerprint density at radius 3 is 2.82 bits per heavy atom. The minimum Gasteiger partial charge on any atom is -0.467 e. The Balaban J connectivity index is 1.95. The summed E-state index contributed by atoms with van der Waals surface area (Å²) in [5.41, 5.74) is 2.55. The van der Waals surface area contributed by atoms with Gasteiger partial charge in [-0.2, -0.15) is 0 Å². The molecule has 0 atom stereocenters. The summed E-state index contributed by atoms with van der Waals surface area (Å²) in [6.07, 6.45) is 1.54. The van der Waals surface area contributed by atoms with E-state index in [2.05, 4.69) is 20.9 Å². The van der Waals surface area contributed by atoms with Crippen LogP contribution in [0.5, 0.6) is 0 Å². The molecule has 0 saturated carbocycles. The Labute approximate surface area is 97.0 Å². The van der Waals surface area contributed by atoms with Crippen molar-refractivity contribution in [1.82, 2.24) is 15.5 Å². The number of nitrogens with one attached hydrogen (secondary N) is 2. The van der Waals surface area contributed by atoms with Gasteiger partial charge < -0.3 is 15.2 Å². The third-order valence-corrected chi connectivity index (χ3v) is 2.05. The van der Waals surface area contributed by atoms with Crippen LogP contribution in [0, 0.1) is 0 Å². The van der Waals surface area contributed by atoms with Crippen molar-refractivity contribution in [2.24, 2.45) is 5.84 Å². The van der Waals surface area contributed by atoms with Crippen molar-refractivity contribution in [2.75, 3.05) is 5.43 Å². The Morgan fingerprint density at radius 1 is 1.35 bits per heavy atom. The molecule has 0 aromatic carbocycles. The smallest absolute Gasteiger partial charge is 0.272 e. The van der Waals surface area contributed by atoms with E-state index in [1.54, 1.807) is 24.5 Å². The number of hydrogen-bond donors (Lipinski definition) is 3. The van der Waals surface area contributed by atoms with Crippen LogP contribution >= 0.6 is 0 Å². The lowest BCUT2D eigenvalue weighted by Gasteiger charge is -2.02. The largest absolute Gasteiger partial charge is 0.467 e. The highest BCUT2D eigenvalue weighted by molar-refractivity contribution is 5.92. The monoisotopic (exact) mass is 233 g/mol. The first-order chi connectivity index (χ1) is 8.29. The SMILES string of the molecule is NNc1ccc(C(=O)NCc2ccco2)nn1. The number of hydrazine groups is 1. The molecule has 0 aliphatic heterocycles. The number of anilines is 1. The average Bonchev–Trinajstić information content (AvgIpc) is 2.89. The van der Waals surface area contributed by atoms with Gasteiger partial charge >= 0.3 is 0 Å². The van der Waals surface area contributed by atoms with Crippen LogP contribution < -0.4 is 16.6 Å². The molecule has 0 fully saturated rings. The maximum atomic E-state index is 11.6. The first-order valence-electron chi connectivity index (χ1n) is 4.90. The van der Waals surface area contributed by atoms with E-state index in [1.165, 1.54) is 6.07 Å². The number of nitrogens with two attached hydrogens (primary N) is 1. The van der Waals surface area contributed by atoms with Crippen molar-refractivity contribution in [3.8, 4) is 0 Å². The molecule has 0 aliphatic carbocycles. The second-order valence-electron chi connectivity index (χ2n) is 3.21. The normalized spacial score (nSPS) is 9.94. The van der Waals surface area contributed by atoms with Crippen LogP contribution in [0.1, 0.15) is 16.2 Å². The van der Waals surface area contributed by atoms with Gasteiger partial charge in [0.1, 0.15) is 5.76 Å². The predicted molar refractivity (Wildman–Crippen MR) is 59.7 cm³/mol. The molecule has 0 aliphatic rings. The second-order valence-corrected chi connectivity index (χ2v) is 3.21. The van der Waals surface area contributed by atoms with Gasteiger partial charge in [0.25, 0.3) is 5.91 Å². The van der Waals surface area contributed by atoms with Crippen LogP contribution in [-0.4, -0.2) is 16.1 Å². The number of carbonyl (C=O) groups excluding carboxylic acids is 1. The zero-order chi connectivity index (χ0) is 12.1. The lowest BCUT2D eigenvalue weighted by Crippen LogP contribution is -2.24. The van der Waals surface area contributed by atoms with E-state index in [0.29, 0.717) is 18.1 Å². The van der Waals surface area contributed by atoms with Crippen LogP contribution in [0.3, 0.4) is 0 Å². The van der Waals surface area contributed by atoms with E-state index in [4.69, 9.17) is 10.3 Å². The molecule has 7 nitrogen and oxygen atoms in total. The van der Waals surface area contributed by atoms with Gasteiger partial charge in [0.05, 0.1) is 12.8 Å². The van der Waals surface area contributed by atoms with Crippen molar-refractivity contribution < 1.29 is 9.21 Å². The van der Waals surface area contributed by atoms with Crippen LogP contribution in [-0.2, 0) is 6.54 Å². The lowest BCUT2D eigenvalue weighted by atomic mass is 10.3. The van der Waals surface area contributed by atoms with E-state index in [9.17, 15) is 4.79 Å². The number of aromatic nitrogens is 2. The molecule has 0 bridgehead atoms. The van der Waals surface area contributed by atoms with E-state index in [0.717, 1.165) is 0 Å². The van der Waals surface area contributed by atoms with Crippen molar-refractivity contribution in [2.45, 2.75) is 6.54 Å². The number of nitrogen functional groups attached to an aromatic ring is 1. The Bertz CT molecular complexity index is 480. The van der Waals surface area contributed by atoms with E-state index < -0.39 is 0 Å². The molecule has 0 spiro atoms. The fraction of sp³-hybridized carbons (Fsp3) is 0.100. The number of furan rings is 1. The summed E-state index contributed by atoms with van der Waals surface area (Å²) >= 11 is 0. The molecule has 1 amide bonds. The molecule has 2 aromatic rings. The van der Waals surface area contributed by atoms with Gasteiger partial charge in [0.15, 0.2) is 11.5 Å². The van der Waals surface area contributed by atoms with E-state index in [-0.39, 0.29) is 11.6 Å². The summed E-state index contributed by atoms with van der Waals surface area (Å²) in [7, 11) is 0. The zero-order valence-electron chi connectivity index (χ0n) is 8.88. The number of hydrogen-bond acceptors (Lipinski definition) is 6. The molecular weight excluding hydrogens is 222 g/mol. The molecule has 0 saturated heterocycles. The highest BCUT2D eigenvalue weighted by atomic mass is 16.3. The molecule has 17 heavy (non-hydrogen) atoms. The van der Waals surface area contributed by atoms with Crippen molar-refractivity contribution in [3.05, 3.63) is 42.0 Å². The van der Waals surface area contributed by atoms with Crippen LogP contribution in [0.4, 0.5) is 5.82 Å². The molecule has 0 unspecified atom stereocenters. The highest BCUT2D eigenvalue weighted by Gasteiger charge is 2.08. The molecule has 7 heteroatoms. The molecular formula is C10H11N5O2. The number of amides is 1. The summed E-state index contributed by atoms with van der Waals surface area (Å²) in [4.78, 5) is 11.6. The van der Waals surface area contributed by atoms with E-state index >= 15 is 0 Å². The summed E-state index contributed by atoms with van der Waals surface area (Å²) in [5.74, 6) is 5.88. The summed E-state index contributed by atoms with van der Waals surface area (Å²) in [6, 6.07) is 6.62. The zero-order valence-corrected chi connectivity index (χ0v) is 8.88. The minimum atomic E-state index is -0.322. The first-order valence-corrected chi connectivity index (χ1v) is 4.90. The van der Waals surface area contributed by atoms with Crippen molar-refractivity contribution in [1.29, 1.82) is 0 Å². The number of nitrogens with zero attached hydrogens (tertiary/aromatic N) is 2. The predicted octanol–water partition coefficient (Wildman–Crippen LogP) is 0.285. The lowest BCUT2D eigenvalue weighted by molar-refractivity contribution is 0.0942. The average molecular weight is 233 g/mol. The summed E-state index contributed by atoms with van der Waals surface area (Å²) < 4.78 is 5.08. The van der Waals surface area contributed by atoms with Gasteiger partial charge in [-0.05, 0) is 24.3 Å². The molecule has 2 rings (SSSR count). The molecule has 88 valence electrons. The summed E-state index contributed by atoms with van der Waals surface area (Å²) in [6.45, 7) is 0.310. The van der Waals surface area contributed by atoms with Gasteiger partial charge in [-0.3, -0.25) is 4.79 Å². The quantitative estimate of drug-likeness (QED) is 0.517. The van der Waals surface area contributed by atoms with Crippen molar-refractivity contribution >= 4 is 11.7 Å². The van der Waals surface area contributed by atoms with Gasteiger partial charge in [0.2, 0.25) is 0 Å². The minimum absolute atomic E-state index is 0.218. The molecule has 2 heterocycles. The first kappa shape index (κ1) is 11.1. The Morgan fingerprint density at radius 2 is 2.24 bits per heavy atom. The van der Waals surface area contributed by atoms with Gasteiger partial charge in [-0.15, -0.1) is 10.2 Å². The molecule has 4 N–H and O–H groups in total. The van der Waals surface area contributed by atoms with Gasteiger partial charge in [-0.1, -0.05) is 0 Å². The van der Waals surface area contributed by atoms with Gasteiger partial charge in [0, 0.05) is 0 Å². The standard InChI is InChI=1S/C10H11N5O2/c11-13-9-4-3-8(14-15-9)10(16)12-6-7-2-1-5-17-7/h1-5H,6,11H2,(H,12,16)(H,13,15).